The molecule has 4 N–H and O–H groups in total. The fourth-order valence-corrected chi connectivity index (χ4v) is 6.68. The molecule has 0 saturated carbocycles. The van der Waals surface area contributed by atoms with Gasteiger partial charge < -0.3 is 35.4 Å². The maximum absolute atomic E-state index is 14.5. The van der Waals surface area contributed by atoms with E-state index in [9.17, 15) is 28.8 Å². The van der Waals surface area contributed by atoms with Crippen molar-refractivity contribution in [1.82, 2.24) is 36.0 Å². The van der Waals surface area contributed by atoms with Crippen LogP contribution in [0.4, 0.5) is 4.79 Å². The van der Waals surface area contributed by atoms with Crippen LogP contribution in [-0.2, 0) is 28.7 Å². The number of urea groups is 1. The maximum Gasteiger partial charge on any atom is 0.318 e. The molecular formula is C36H57N7O7S. The fourth-order valence-electron chi connectivity index (χ4n) is 5.96. The number of nitrogens with one attached hydrogen (secondary N) is 4. The number of thioether (sulfide) groups is 1. The van der Waals surface area contributed by atoms with Crippen LogP contribution in [0.15, 0.2) is 24.3 Å². The van der Waals surface area contributed by atoms with Gasteiger partial charge in [0.1, 0.15) is 24.2 Å². The molecule has 0 radical (unpaired) electrons. The number of likely N-dealkylation sites (tertiary alicyclic amines) is 1. The lowest BCUT2D eigenvalue weighted by Gasteiger charge is -2.42. The first-order valence-electron chi connectivity index (χ1n) is 17.1. The molecule has 0 aromatic rings. The van der Waals surface area contributed by atoms with Gasteiger partial charge in [-0.3, -0.25) is 29.3 Å². The van der Waals surface area contributed by atoms with Gasteiger partial charge in [-0.1, -0.05) is 65.2 Å². The molecule has 2 unspecified atom stereocenters. The molecule has 2 saturated heterocycles. The van der Waals surface area contributed by atoms with Crippen LogP contribution in [-0.4, -0.2) is 126 Å². The van der Waals surface area contributed by atoms with Crippen molar-refractivity contribution in [2.75, 3.05) is 52.4 Å². The number of hydrogen-bond acceptors (Lipinski definition) is 9. The zero-order valence-electron chi connectivity index (χ0n) is 31.6. The van der Waals surface area contributed by atoms with E-state index in [2.05, 4.69) is 33.8 Å². The van der Waals surface area contributed by atoms with E-state index in [1.807, 2.05) is 61.5 Å². The summed E-state index contributed by atoms with van der Waals surface area (Å²) >= 11 is 0.922. The highest BCUT2D eigenvalue weighted by Gasteiger charge is 2.46. The highest BCUT2D eigenvalue weighted by Crippen LogP contribution is 2.31. The van der Waals surface area contributed by atoms with Gasteiger partial charge in [0.25, 0.3) is 11.7 Å². The molecule has 2 aliphatic rings. The van der Waals surface area contributed by atoms with Gasteiger partial charge in [0.2, 0.25) is 17.7 Å². The number of carbonyl (C=O) groups is 6. The van der Waals surface area contributed by atoms with Crippen LogP contribution in [0.25, 0.3) is 0 Å². The second-order valence-electron chi connectivity index (χ2n) is 15.3. The molecule has 2 aliphatic heterocycles. The third-order valence-corrected chi connectivity index (χ3v) is 9.60. The topological polar surface area (TPSA) is 169 Å². The van der Waals surface area contributed by atoms with E-state index >= 15 is 0 Å². The van der Waals surface area contributed by atoms with Crippen LogP contribution in [0.2, 0.25) is 0 Å². The van der Waals surface area contributed by atoms with Crippen molar-refractivity contribution in [1.29, 1.82) is 0 Å². The zero-order chi connectivity index (χ0) is 38.7. The molecule has 14 nitrogen and oxygen atoms in total. The molecule has 2 heterocycles. The molecule has 2 fully saturated rings. The average Bonchev–Trinajstić information content (AvgIpc) is 3.35. The lowest BCUT2D eigenvalue weighted by atomic mass is 9.84. The van der Waals surface area contributed by atoms with Gasteiger partial charge in [-0.2, -0.15) is 0 Å². The van der Waals surface area contributed by atoms with Crippen molar-refractivity contribution in [2.45, 2.75) is 85.3 Å². The molecule has 6 amide bonds. The van der Waals surface area contributed by atoms with Crippen molar-refractivity contribution in [3.05, 3.63) is 24.3 Å². The number of ether oxygens (including phenoxy) is 1. The van der Waals surface area contributed by atoms with E-state index in [0.717, 1.165) is 17.3 Å². The van der Waals surface area contributed by atoms with Crippen LogP contribution < -0.4 is 21.3 Å². The third kappa shape index (κ3) is 12.7. The van der Waals surface area contributed by atoms with E-state index in [4.69, 9.17) is 11.2 Å². The van der Waals surface area contributed by atoms with Gasteiger partial charge in [-0.25, -0.2) is 4.79 Å². The molecule has 2 rings (SSSR count). The first-order chi connectivity index (χ1) is 23.7. The first-order valence-corrected chi connectivity index (χ1v) is 18.1. The lowest BCUT2D eigenvalue weighted by Crippen LogP contribution is -2.62. The minimum atomic E-state index is -1.28. The number of hydrogen-bond donors (Lipinski definition) is 4. The molecule has 284 valence electrons. The Labute approximate surface area is 307 Å². The number of ketones is 1. The van der Waals surface area contributed by atoms with Gasteiger partial charge in [-0.15, -0.1) is 24.8 Å². The SMILES string of the molecule is C#CCSC(NC(=O)[C@@H]1CC(C=C(C)C)CN1C(=O)[C@@H](NC(=O)N(C)[C@H](CN1COCNCC1=O)C(C)(C)C)C(C)(C)C)C(=O)C(=O)NCC=C. The summed E-state index contributed by atoms with van der Waals surface area (Å²) < 4.78 is 5.51. The fraction of sp³-hybridized carbons (Fsp3) is 0.667. The van der Waals surface area contributed by atoms with Crippen LogP contribution in [0, 0.1) is 29.1 Å². The predicted molar refractivity (Wildman–Crippen MR) is 198 cm³/mol. The molecule has 0 aliphatic carbocycles. The Bertz CT molecular complexity index is 1380. The Morgan fingerprint density at radius 1 is 1.14 bits per heavy atom. The molecular weight excluding hydrogens is 675 g/mol. The third-order valence-electron chi connectivity index (χ3n) is 8.61. The van der Waals surface area contributed by atoms with E-state index in [0.29, 0.717) is 0 Å². The van der Waals surface area contributed by atoms with Crippen molar-refractivity contribution in [2.24, 2.45) is 16.7 Å². The summed E-state index contributed by atoms with van der Waals surface area (Å²) in [5.41, 5.74) is -0.244. The zero-order valence-corrected chi connectivity index (χ0v) is 32.4. The average molecular weight is 732 g/mol. The first kappa shape index (κ1) is 43.3. The standard InChI is InChI=1S/C36H57N7O7S/c1-12-14-38-31(47)28(45)32(51-15-13-2)40-30(46)25-17-24(16-23(3)4)19-43(25)33(48)29(36(8,9)10)39-34(49)41(11)26(35(5,6)7)20-42-22-50-21-37-18-27(42)44/h2,12,16,24-26,29,32,37H,1,14-15,17-22H2,3-11H3,(H,38,47)(H,39,49)(H,40,46)/t24?,25-,26+,29+,32?/m0/s1. The summed E-state index contributed by atoms with van der Waals surface area (Å²) in [6.45, 7) is 19.7. The second kappa shape index (κ2) is 19.1. The number of rotatable bonds is 14. The Balaban J connectivity index is 2.40. The predicted octanol–water partition coefficient (Wildman–Crippen LogP) is 1.68. The maximum atomic E-state index is 14.5. The number of Topliss-reactive ketones (excluding diaryl/α,β-unsaturated/α-hetero) is 1. The highest BCUT2D eigenvalue weighted by molar-refractivity contribution is 8.00. The Morgan fingerprint density at radius 3 is 2.37 bits per heavy atom. The summed E-state index contributed by atoms with van der Waals surface area (Å²) in [5, 5.41) is 9.65. The Kier molecular flexibility index (Phi) is 16.2. The van der Waals surface area contributed by atoms with Crippen LogP contribution >= 0.6 is 11.8 Å². The van der Waals surface area contributed by atoms with Crippen molar-refractivity contribution in [3.63, 3.8) is 0 Å². The van der Waals surface area contributed by atoms with E-state index in [1.54, 1.807) is 11.9 Å². The van der Waals surface area contributed by atoms with E-state index in [-0.39, 0.29) is 63.6 Å². The van der Waals surface area contributed by atoms with Crippen molar-refractivity contribution in [3.8, 4) is 12.3 Å². The monoisotopic (exact) mass is 731 g/mol. The summed E-state index contributed by atoms with van der Waals surface area (Å²) in [6, 6.07) is -3.03. The van der Waals surface area contributed by atoms with Crippen molar-refractivity contribution < 1.29 is 33.5 Å². The van der Waals surface area contributed by atoms with E-state index in [1.165, 1.54) is 15.9 Å². The summed E-state index contributed by atoms with van der Waals surface area (Å²) in [5.74, 6) is -0.738. The van der Waals surface area contributed by atoms with Crippen molar-refractivity contribution >= 4 is 47.2 Å². The smallest absolute Gasteiger partial charge is 0.318 e. The normalized spacial score (nSPS) is 19.8. The van der Waals surface area contributed by atoms with Crippen LogP contribution in [0.1, 0.15) is 61.8 Å². The minimum absolute atomic E-state index is 0.0518. The Morgan fingerprint density at radius 2 is 1.80 bits per heavy atom. The van der Waals surface area contributed by atoms with Gasteiger partial charge in [0, 0.05) is 26.7 Å². The number of nitrogens with zero attached hydrogens (tertiary/aromatic N) is 3. The number of amides is 6. The molecule has 0 spiro atoms. The molecule has 15 heteroatoms. The number of carbonyl (C=O) groups excluding carboxylic acids is 6. The summed E-state index contributed by atoms with van der Waals surface area (Å²) in [7, 11) is 1.63. The number of allylic oxidation sites excluding steroid dienone is 1. The number of terminal acetylenes is 1. The summed E-state index contributed by atoms with van der Waals surface area (Å²) in [6.07, 6.45) is 9.10. The highest BCUT2D eigenvalue weighted by atomic mass is 32.2. The molecule has 51 heavy (non-hydrogen) atoms. The lowest BCUT2D eigenvalue weighted by molar-refractivity contribution is -0.143. The minimum Gasteiger partial charge on any atom is -0.346 e. The molecule has 0 aromatic heterocycles. The largest absolute Gasteiger partial charge is 0.346 e. The van der Waals surface area contributed by atoms with Gasteiger partial charge in [0.15, 0.2) is 0 Å². The molecule has 0 aromatic carbocycles. The quantitative estimate of drug-likeness (QED) is 0.0899. The van der Waals surface area contributed by atoms with E-state index < -0.39 is 63.9 Å². The summed E-state index contributed by atoms with van der Waals surface area (Å²) in [4.78, 5) is 85.2. The number of likely N-dealkylation sites (N-methyl/N-ethyl adjacent to an activating group) is 1. The van der Waals surface area contributed by atoms with Crippen LogP contribution in [0.3, 0.4) is 0 Å². The van der Waals surface area contributed by atoms with Gasteiger partial charge >= 0.3 is 6.03 Å². The second-order valence-corrected chi connectivity index (χ2v) is 16.4. The van der Waals surface area contributed by atoms with Gasteiger partial charge in [-0.05, 0) is 37.0 Å². The van der Waals surface area contributed by atoms with Gasteiger partial charge in [0.05, 0.1) is 25.1 Å². The Hall–Kier alpha value is -3.87. The molecule has 0 bridgehead atoms. The van der Waals surface area contributed by atoms with Crippen LogP contribution in [0.5, 0.6) is 0 Å². The molecule has 5 atom stereocenters.